The molecule has 5 heteroatoms. The summed E-state index contributed by atoms with van der Waals surface area (Å²) in [5.74, 6) is 0.268. The van der Waals surface area contributed by atoms with Gasteiger partial charge >= 0.3 is 0 Å². The minimum Gasteiger partial charge on any atom is -0.369 e. The topological polar surface area (TPSA) is 80.0 Å². The number of hydrogen-bond acceptors (Lipinski definition) is 4. The minimum atomic E-state index is -0.395. The number of carbonyl (C=O) groups is 1. The van der Waals surface area contributed by atoms with Crippen LogP contribution in [0.4, 0.5) is 5.82 Å². The highest BCUT2D eigenvalue weighted by atomic mass is 16.1. The number of pyridine rings is 1. The van der Waals surface area contributed by atoms with Gasteiger partial charge in [0.2, 0.25) is 0 Å². The quantitative estimate of drug-likeness (QED) is 0.754. The lowest BCUT2D eigenvalue weighted by atomic mass is 10.1. The normalized spacial score (nSPS) is 20.9. The van der Waals surface area contributed by atoms with Crippen molar-refractivity contribution < 1.29 is 4.79 Å². The minimum absolute atomic E-state index is 0.395. The zero-order valence-electron chi connectivity index (χ0n) is 11.7. The van der Waals surface area contributed by atoms with Gasteiger partial charge in [0.1, 0.15) is 5.82 Å². The number of aromatic nitrogens is 1. The zero-order valence-corrected chi connectivity index (χ0v) is 11.7. The summed E-state index contributed by atoms with van der Waals surface area (Å²) in [6.45, 7) is 1.94. The van der Waals surface area contributed by atoms with Gasteiger partial charge in [-0.2, -0.15) is 0 Å². The van der Waals surface area contributed by atoms with E-state index in [1.165, 1.54) is 18.4 Å². The monoisotopic (exact) mass is 274 g/mol. The van der Waals surface area contributed by atoms with E-state index in [1.54, 1.807) is 0 Å². The van der Waals surface area contributed by atoms with Crippen molar-refractivity contribution in [1.29, 1.82) is 0 Å². The van der Waals surface area contributed by atoms with E-state index in [1.807, 2.05) is 6.07 Å². The zero-order chi connectivity index (χ0) is 13.9. The highest BCUT2D eigenvalue weighted by molar-refractivity contribution is 5.97. The Bertz CT molecular complexity index is 509. The predicted octanol–water partition coefficient (Wildman–Crippen LogP) is 1.22. The Morgan fingerprint density at radius 2 is 2.35 bits per heavy atom. The van der Waals surface area contributed by atoms with Crippen LogP contribution in [0.5, 0.6) is 0 Å². The lowest BCUT2D eigenvalue weighted by molar-refractivity contribution is 0.100. The maximum absolute atomic E-state index is 11.6. The maximum atomic E-state index is 11.6. The van der Waals surface area contributed by atoms with Crippen molar-refractivity contribution in [2.45, 2.75) is 44.6 Å². The van der Waals surface area contributed by atoms with Crippen LogP contribution in [0.3, 0.4) is 0 Å². The summed E-state index contributed by atoms with van der Waals surface area (Å²) >= 11 is 0. The first kappa shape index (κ1) is 13.4. The van der Waals surface area contributed by atoms with Crippen LogP contribution in [-0.2, 0) is 12.8 Å². The molecule has 1 fully saturated rings. The van der Waals surface area contributed by atoms with Gasteiger partial charge in [0.05, 0.1) is 5.56 Å². The van der Waals surface area contributed by atoms with E-state index >= 15 is 0 Å². The molecule has 1 atom stereocenters. The third-order valence-electron chi connectivity index (χ3n) is 4.26. The number of rotatable bonds is 5. The molecule has 1 aliphatic heterocycles. The molecule has 1 aliphatic carbocycles. The Morgan fingerprint density at radius 3 is 3.10 bits per heavy atom. The molecule has 0 saturated carbocycles. The molecule has 4 N–H and O–H groups in total. The molecular weight excluding hydrogens is 252 g/mol. The number of aryl methyl sites for hydroxylation is 2. The lowest BCUT2D eigenvalue weighted by Crippen LogP contribution is -2.25. The second-order valence-corrected chi connectivity index (χ2v) is 5.72. The molecule has 5 nitrogen and oxygen atoms in total. The molecule has 3 rings (SSSR count). The largest absolute Gasteiger partial charge is 0.369 e. The average molecular weight is 274 g/mol. The molecule has 0 spiro atoms. The van der Waals surface area contributed by atoms with Gasteiger partial charge in [0.15, 0.2) is 0 Å². The van der Waals surface area contributed by atoms with Crippen molar-refractivity contribution in [1.82, 2.24) is 10.3 Å². The number of amides is 1. The average Bonchev–Trinajstić information content (AvgIpc) is 3.07. The number of hydrogen-bond donors (Lipinski definition) is 3. The smallest absolute Gasteiger partial charge is 0.252 e. The molecular formula is C15H22N4O. The van der Waals surface area contributed by atoms with Gasteiger partial charge in [-0.25, -0.2) is 4.98 Å². The molecule has 2 aliphatic rings. The van der Waals surface area contributed by atoms with Gasteiger partial charge in [0, 0.05) is 18.3 Å². The fourth-order valence-electron chi connectivity index (χ4n) is 3.16. The summed E-state index contributed by atoms with van der Waals surface area (Å²) < 4.78 is 0. The molecule has 20 heavy (non-hydrogen) atoms. The molecule has 0 radical (unpaired) electrons. The summed E-state index contributed by atoms with van der Waals surface area (Å²) in [5, 5.41) is 6.77. The molecule has 1 aromatic rings. The van der Waals surface area contributed by atoms with E-state index in [0.717, 1.165) is 44.5 Å². The van der Waals surface area contributed by atoms with Crippen molar-refractivity contribution in [3.63, 3.8) is 0 Å². The van der Waals surface area contributed by atoms with E-state index in [0.29, 0.717) is 17.4 Å². The summed E-state index contributed by atoms with van der Waals surface area (Å²) in [5.41, 5.74) is 8.31. The molecule has 1 unspecified atom stereocenters. The third-order valence-corrected chi connectivity index (χ3v) is 4.26. The fourth-order valence-corrected chi connectivity index (χ4v) is 3.16. The van der Waals surface area contributed by atoms with E-state index < -0.39 is 5.91 Å². The van der Waals surface area contributed by atoms with Crippen molar-refractivity contribution >= 4 is 11.7 Å². The van der Waals surface area contributed by atoms with Crippen LogP contribution in [0.25, 0.3) is 0 Å². The van der Waals surface area contributed by atoms with Gasteiger partial charge < -0.3 is 16.4 Å². The van der Waals surface area contributed by atoms with Crippen molar-refractivity contribution in [3.05, 3.63) is 22.9 Å². The van der Waals surface area contributed by atoms with Crippen LogP contribution in [0, 0.1) is 0 Å². The summed E-state index contributed by atoms with van der Waals surface area (Å²) in [4.78, 5) is 16.2. The first-order chi connectivity index (χ1) is 9.74. The number of fused-ring (bicyclic) bond motifs is 1. The number of anilines is 1. The van der Waals surface area contributed by atoms with E-state index in [9.17, 15) is 4.79 Å². The molecule has 1 saturated heterocycles. The Kier molecular flexibility index (Phi) is 3.87. The molecule has 108 valence electrons. The van der Waals surface area contributed by atoms with Crippen molar-refractivity contribution in [3.8, 4) is 0 Å². The number of nitrogens with one attached hydrogen (secondary N) is 2. The summed E-state index contributed by atoms with van der Waals surface area (Å²) in [6.07, 6.45) is 6.69. The Labute approximate surface area is 119 Å². The van der Waals surface area contributed by atoms with Crippen molar-refractivity contribution in [2.75, 3.05) is 18.4 Å². The van der Waals surface area contributed by atoms with Crippen LogP contribution in [0.2, 0.25) is 0 Å². The Hall–Kier alpha value is -1.62. The summed E-state index contributed by atoms with van der Waals surface area (Å²) in [7, 11) is 0. The standard InChI is InChI=1S/C15H22N4O/c16-14(20)12-9-10-3-1-5-13(10)19-15(12)18-8-6-11-4-2-7-17-11/h9,11,17H,1-8H2,(H2,16,20)(H,18,19). The molecule has 1 amide bonds. The highest BCUT2D eigenvalue weighted by Crippen LogP contribution is 2.25. The van der Waals surface area contributed by atoms with E-state index in [2.05, 4.69) is 15.6 Å². The van der Waals surface area contributed by atoms with Gasteiger partial charge in [0.25, 0.3) is 5.91 Å². The van der Waals surface area contributed by atoms with Gasteiger partial charge in [-0.15, -0.1) is 0 Å². The number of nitrogens with zero attached hydrogens (tertiary/aromatic N) is 1. The van der Waals surface area contributed by atoms with E-state index in [-0.39, 0.29) is 0 Å². The van der Waals surface area contributed by atoms with Crippen LogP contribution in [0.1, 0.15) is 47.3 Å². The number of carbonyl (C=O) groups excluding carboxylic acids is 1. The summed E-state index contributed by atoms with van der Waals surface area (Å²) in [6, 6.07) is 2.52. The third kappa shape index (κ3) is 2.77. The number of primary amides is 1. The molecule has 2 heterocycles. The lowest BCUT2D eigenvalue weighted by Gasteiger charge is -2.14. The van der Waals surface area contributed by atoms with E-state index in [4.69, 9.17) is 5.73 Å². The first-order valence-electron chi connectivity index (χ1n) is 7.54. The first-order valence-corrected chi connectivity index (χ1v) is 7.54. The Morgan fingerprint density at radius 1 is 1.45 bits per heavy atom. The fraction of sp³-hybridized carbons (Fsp3) is 0.600. The van der Waals surface area contributed by atoms with Gasteiger partial charge in [-0.05, 0) is 56.7 Å². The predicted molar refractivity (Wildman–Crippen MR) is 78.9 cm³/mol. The SMILES string of the molecule is NC(=O)c1cc2c(nc1NCCC1CCCN1)CCC2. The highest BCUT2D eigenvalue weighted by Gasteiger charge is 2.19. The molecule has 0 bridgehead atoms. The molecule has 0 aromatic carbocycles. The maximum Gasteiger partial charge on any atom is 0.252 e. The van der Waals surface area contributed by atoms with Crippen LogP contribution in [0.15, 0.2) is 6.07 Å². The Balaban J connectivity index is 1.69. The van der Waals surface area contributed by atoms with Crippen LogP contribution in [-0.4, -0.2) is 30.0 Å². The second kappa shape index (κ2) is 5.79. The van der Waals surface area contributed by atoms with Crippen LogP contribution >= 0.6 is 0 Å². The number of nitrogens with two attached hydrogens (primary N) is 1. The van der Waals surface area contributed by atoms with Gasteiger partial charge in [-0.1, -0.05) is 0 Å². The van der Waals surface area contributed by atoms with Crippen LogP contribution < -0.4 is 16.4 Å². The van der Waals surface area contributed by atoms with Gasteiger partial charge in [-0.3, -0.25) is 4.79 Å². The second-order valence-electron chi connectivity index (χ2n) is 5.72. The molecule has 1 aromatic heterocycles. The van der Waals surface area contributed by atoms with Crippen molar-refractivity contribution in [2.24, 2.45) is 5.73 Å².